The second-order valence-corrected chi connectivity index (χ2v) is 5.71. The number of nitrogens with one attached hydrogen (secondary N) is 1. The van der Waals surface area contributed by atoms with Gasteiger partial charge in [-0.3, -0.25) is 10.1 Å². The van der Waals surface area contributed by atoms with Crippen LogP contribution in [0, 0.1) is 15.5 Å². The molecular weight excluding hydrogens is 272 g/mol. The minimum absolute atomic E-state index is 0.0710. The third-order valence-corrected chi connectivity index (χ3v) is 4.51. The zero-order valence-corrected chi connectivity index (χ0v) is 12.1. The van der Waals surface area contributed by atoms with Crippen LogP contribution in [0.1, 0.15) is 49.4 Å². The van der Waals surface area contributed by atoms with Gasteiger partial charge in [0.25, 0.3) is 5.69 Å². The van der Waals surface area contributed by atoms with Gasteiger partial charge in [0.2, 0.25) is 0 Å². The van der Waals surface area contributed by atoms with Crippen molar-refractivity contribution in [2.75, 3.05) is 11.9 Å². The quantitative estimate of drug-likeness (QED) is 0.616. The summed E-state index contributed by atoms with van der Waals surface area (Å²) < 4.78 is 0. The van der Waals surface area contributed by atoms with Crippen LogP contribution in [0.15, 0.2) is 18.2 Å². The number of nitro benzene ring substituents is 1. The minimum Gasteiger partial charge on any atom is -0.478 e. The Morgan fingerprint density at radius 3 is 2.62 bits per heavy atom. The van der Waals surface area contributed by atoms with Crippen molar-refractivity contribution in [1.29, 1.82) is 0 Å². The third kappa shape index (κ3) is 3.32. The summed E-state index contributed by atoms with van der Waals surface area (Å²) in [6.45, 7) is 2.84. The standard InChI is InChI=1S/C15H20N2O4/c1-2-15(7-3-4-8-15)10-16-12-6-5-11(14(18)19)9-13(12)17(20)21/h5-6,9,16H,2-4,7-8,10H2,1H3,(H,18,19). The number of carboxylic acids is 1. The first-order valence-electron chi connectivity index (χ1n) is 7.23. The highest BCUT2D eigenvalue weighted by Crippen LogP contribution is 2.41. The maximum Gasteiger partial charge on any atom is 0.335 e. The fourth-order valence-corrected chi connectivity index (χ4v) is 3.03. The number of aromatic carboxylic acids is 1. The van der Waals surface area contributed by atoms with Crippen molar-refractivity contribution >= 4 is 17.3 Å². The van der Waals surface area contributed by atoms with Gasteiger partial charge in [0.15, 0.2) is 0 Å². The molecule has 0 amide bonds. The first kappa shape index (κ1) is 15.3. The average molecular weight is 292 g/mol. The Morgan fingerprint density at radius 1 is 1.43 bits per heavy atom. The highest BCUT2D eigenvalue weighted by molar-refractivity contribution is 5.89. The summed E-state index contributed by atoms with van der Waals surface area (Å²) >= 11 is 0. The number of benzene rings is 1. The van der Waals surface area contributed by atoms with Crippen LogP contribution in [0.4, 0.5) is 11.4 Å². The minimum atomic E-state index is -1.16. The van der Waals surface area contributed by atoms with Crippen LogP contribution in [0.5, 0.6) is 0 Å². The summed E-state index contributed by atoms with van der Waals surface area (Å²) in [5.41, 5.74) is 0.349. The van der Waals surface area contributed by atoms with Crippen molar-refractivity contribution in [2.24, 2.45) is 5.41 Å². The first-order chi connectivity index (χ1) is 9.97. The van der Waals surface area contributed by atoms with Crippen LogP contribution in [0.25, 0.3) is 0 Å². The number of carboxylic acid groups (broad SMARTS) is 1. The lowest BCUT2D eigenvalue weighted by atomic mass is 9.83. The van der Waals surface area contributed by atoms with E-state index in [1.54, 1.807) is 0 Å². The number of nitrogens with zero attached hydrogens (tertiary/aromatic N) is 1. The molecule has 1 aromatic carbocycles. The SMILES string of the molecule is CCC1(CNc2ccc(C(=O)O)cc2[N+](=O)[O-])CCCC1. The second-order valence-electron chi connectivity index (χ2n) is 5.71. The van der Waals surface area contributed by atoms with Crippen LogP contribution in [0.2, 0.25) is 0 Å². The molecule has 1 aromatic rings. The van der Waals surface area contributed by atoms with Crippen LogP contribution < -0.4 is 5.32 Å². The molecule has 0 heterocycles. The van der Waals surface area contributed by atoms with Gasteiger partial charge in [-0.05, 0) is 36.8 Å². The van der Waals surface area contributed by atoms with Crippen molar-refractivity contribution in [2.45, 2.75) is 39.0 Å². The molecule has 0 unspecified atom stereocenters. The molecule has 0 spiro atoms. The van der Waals surface area contributed by atoms with Gasteiger partial charge >= 0.3 is 5.97 Å². The van der Waals surface area contributed by atoms with Crippen LogP contribution in [-0.4, -0.2) is 22.5 Å². The van der Waals surface area contributed by atoms with E-state index in [1.165, 1.54) is 25.0 Å². The van der Waals surface area contributed by atoms with Gasteiger partial charge < -0.3 is 10.4 Å². The smallest absolute Gasteiger partial charge is 0.335 e. The lowest BCUT2D eigenvalue weighted by molar-refractivity contribution is -0.384. The number of hydrogen-bond donors (Lipinski definition) is 2. The molecule has 1 fully saturated rings. The lowest BCUT2D eigenvalue weighted by Gasteiger charge is -2.28. The van der Waals surface area contributed by atoms with E-state index >= 15 is 0 Å². The van der Waals surface area contributed by atoms with E-state index in [0.717, 1.165) is 25.3 Å². The maximum atomic E-state index is 11.1. The average Bonchev–Trinajstić information content (AvgIpc) is 2.94. The molecule has 0 saturated heterocycles. The van der Waals surface area contributed by atoms with Gasteiger partial charge in [0, 0.05) is 12.6 Å². The first-order valence-corrected chi connectivity index (χ1v) is 7.23. The molecule has 0 atom stereocenters. The van der Waals surface area contributed by atoms with Crippen molar-refractivity contribution in [3.63, 3.8) is 0 Å². The highest BCUT2D eigenvalue weighted by Gasteiger charge is 2.32. The monoisotopic (exact) mass is 292 g/mol. The lowest BCUT2D eigenvalue weighted by Crippen LogP contribution is -2.26. The fraction of sp³-hybridized carbons (Fsp3) is 0.533. The Kier molecular flexibility index (Phi) is 4.45. The molecule has 1 aliphatic rings. The van der Waals surface area contributed by atoms with Crippen molar-refractivity contribution in [3.8, 4) is 0 Å². The Hall–Kier alpha value is -2.11. The van der Waals surface area contributed by atoms with E-state index in [1.807, 2.05) is 0 Å². The third-order valence-electron chi connectivity index (χ3n) is 4.51. The normalized spacial score (nSPS) is 16.6. The van der Waals surface area contributed by atoms with Crippen molar-refractivity contribution in [1.82, 2.24) is 0 Å². The molecular formula is C15H20N2O4. The van der Waals surface area contributed by atoms with Gasteiger partial charge in [-0.2, -0.15) is 0 Å². The van der Waals surface area contributed by atoms with Gasteiger partial charge in [0.05, 0.1) is 10.5 Å². The molecule has 2 rings (SSSR count). The molecule has 1 aliphatic carbocycles. The molecule has 2 N–H and O–H groups in total. The van der Waals surface area contributed by atoms with E-state index in [-0.39, 0.29) is 16.7 Å². The number of rotatable bonds is 6. The van der Waals surface area contributed by atoms with Crippen LogP contribution >= 0.6 is 0 Å². The van der Waals surface area contributed by atoms with Crippen molar-refractivity contribution < 1.29 is 14.8 Å². The Morgan fingerprint density at radius 2 is 2.10 bits per heavy atom. The van der Waals surface area contributed by atoms with E-state index < -0.39 is 10.9 Å². The van der Waals surface area contributed by atoms with E-state index in [9.17, 15) is 14.9 Å². The fourth-order valence-electron chi connectivity index (χ4n) is 3.03. The molecule has 0 radical (unpaired) electrons. The summed E-state index contributed by atoms with van der Waals surface area (Å²) in [6.07, 6.45) is 5.72. The van der Waals surface area contributed by atoms with E-state index in [0.29, 0.717) is 12.2 Å². The van der Waals surface area contributed by atoms with Crippen molar-refractivity contribution in [3.05, 3.63) is 33.9 Å². The molecule has 114 valence electrons. The Balaban J connectivity index is 2.19. The second kappa shape index (κ2) is 6.11. The van der Waals surface area contributed by atoms with Gasteiger partial charge in [-0.25, -0.2) is 4.79 Å². The number of nitro groups is 1. The van der Waals surface area contributed by atoms with E-state index in [4.69, 9.17) is 5.11 Å². The number of carbonyl (C=O) groups is 1. The summed E-state index contributed by atoms with van der Waals surface area (Å²) in [5, 5.41) is 23.2. The molecule has 0 aliphatic heterocycles. The zero-order valence-electron chi connectivity index (χ0n) is 12.1. The highest BCUT2D eigenvalue weighted by atomic mass is 16.6. The summed E-state index contributed by atoms with van der Waals surface area (Å²) in [4.78, 5) is 21.5. The molecule has 6 heteroatoms. The molecule has 0 bridgehead atoms. The maximum absolute atomic E-state index is 11.1. The number of hydrogen-bond acceptors (Lipinski definition) is 4. The predicted octanol–water partition coefficient (Wildman–Crippen LogP) is 3.68. The van der Waals surface area contributed by atoms with E-state index in [2.05, 4.69) is 12.2 Å². The predicted molar refractivity (Wildman–Crippen MR) is 79.7 cm³/mol. The largest absolute Gasteiger partial charge is 0.478 e. The molecule has 0 aromatic heterocycles. The van der Waals surface area contributed by atoms with Gasteiger partial charge in [-0.1, -0.05) is 19.8 Å². The van der Waals surface area contributed by atoms with Crippen LogP contribution in [0.3, 0.4) is 0 Å². The molecule has 1 saturated carbocycles. The Bertz CT molecular complexity index is 551. The Labute approximate surface area is 123 Å². The summed E-state index contributed by atoms with van der Waals surface area (Å²) in [6, 6.07) is 3.99. The summed E-state index contributed by atoms with van der Waals surface area (Å²) in [7, 11) is 0. The molecule has 6 nitrogen and oxygen atoms in total. The van der Waals surface area contributed by atoms with Gasteiger partial charge in [0.1, 0.15) is 5.69 Å². The topological polar surface area (TPSA) is 92.5 Å². The van der Waals surface area contributed by atoms with Gasteiger partial charge in [-0.15, -0.1) is 0 Å². The zero-order chi connectivity index (χ0) is 15.5. The number of anilines is 1. The van der Waals surface area contributed by atoms with Crippen LogP contribution in [-0.2, 0) is 0 Å². The molecule has 21 heavy (non-hydrogen) atoms. The summed E-state index contributed by atoms with van der Waals surface area (Å²) in [5.74, 6) is -1.16.